The first kappa shape index (κ1) is 26.1. The molecule has 7 heteroatoms. The van der Waals surface area contributed by atoms with E-state index in [1.807, 2.05) is 92.9 Å². The zero-order valence-electron chi connectivity index (χ0n) is 19.5. The van der Waals surface area contributed by atoms with Crippen molar-refractivity contribution in [3.05, 3.63) is 78.4 Å². The minimum Gasteiger partial charge on any atom is -0.491 e. The summed E-state index contributed by atoms with van der Waals surface area (Å²) in [5.41, 5.74) is 3.38. The summed E-state index contributed by atoms with van der Waals surface area (Å²) in [7, 11) is 0. The van der Waals surface area contributed by atoms with Gasteiger partial charge in [-0.3, -0.25) is 4.99 Å². The van der Waals surface area contributed by atoms with Crippen molar-refractivity contribution in [3.8, 4) is 11.5 Å². The smallest absolute Gasteiger partial charge is 0.119 e. The Morgan fingerprint density at radius 3 is 1.51 bits per heavy atom. The van der Waals surface area contributed by atoms with Gasteiger partial charge in [-0.1, -0.05) is 33.4 Å². The first-order chi connectivity index (χ1) is 16.8. The third kappa shape index (κ3) is 8.96. The average Bonchev–Trinajstić information content (AvgIpc) is 3.82. The number of benzene rings is 3. The van der Waals surface area contributed by atoms with Gasteiger partial charge < -0.3 is 18.9 Å². The molecule has 0 saturated carbocycles. The molecule has 2 heterocycles. The number of epoxide rings is 2. The fourth-order valence-electron chi connectivity index (χ4n) is 2.84. The number of rotatable bonds is 10. The van der Waals surface area contributed by atoms with E-state index >= 15 is 0 Å². The molecule has 35 heavy (non-hydrogen) atoms. The summed E-state index contributed by atoms with van der Waals surface area (Å²) in [5, 5.41) is 8.57. The van der Waals surface area contributed by atoms with E-state index in [0.717, 1.165) is 47.3 Å². The second-order valence-corrected chi connectivity index (χ2v) is 7.57. The van der Waals surface area contributed by atoms with Gasteiger partial charge in [-0.25, -0.2) is 0 Å². The fraction of sp³-hybridized carbons (Fsp3) is 0.321. The number of azo groups is 1. The molecule has 184 valence electrons. The maximum absolute atomic E-state index is 5.64. The van der Waals surface area contributed by atoms with Crippen molar-refractivity contribution < 1.29 is 18.9 Å². The molecule has 0 N–H and O–H groups in total. The number of nitrogens with zero attached hydrogens (tertiary/aromatic N) is 3. The highest BCUT2D eigenvalue weighted by Crippen LogP contribution is 2.23. The molecule has 0 aliphatic carbocycles. The van der Waals surface area contributed by atoms with Crippen LogP contribution in [0.1, 0.15) is 26.8 Å². The summed E-state index contributed by atoms with van der Waals surface area (Å²) >= 11 is 0. The second-order valence-electron chi connectivity index (χ2n) is 7.57. The first-order valence-electron chi connectivity index (χ1n) is 11.5. The molecule has 2 atom stereocenters. The van der Waals surface area contributed by atoms with Gasteiger partial charge in [-0.2, -0.15) is 10.2 Å². The quantitative estimate of drug-likeness (QED) is 0.178. The van der Waals surface area contributed by atoms with Crippen LogP contribution in [0.5, 0.6) is 11.5 Å². The van der Waals surface area contributed by atoms with Crippen LogP contribution in [0.4, 0.5) is 17.1 Å². The Morgan fingerprint density at radius 2 is 1.09 bits per heavy atom. The van der Waals surface area contributed by atoms with Crippen molar-refractivity contribution in [2.45, 2.75) is 33.5 Å². The molecule has 0 amide bonds. The average molecular weight is 476 g/mol. The molecule has 0 aromatic heterocycles. The van der Waals surface area contributed by atoms with Crippen LogP contribution in [0, 0.1) is 0 Å². The topological polar surface area (TPSA) is 80.6 Å². The van der Waals surface area contributed by atoms with Crippen molar-refractivity contribution in [2.24, 2.45) is 15.2 Å². The maximum Gasteiger partial charge on any atom is 0.119 e. The number of hydrogen-bond donors (Lipinski definition) is 0. The molecule has 2 fully saturated rings. The molecule has 2 aliphatic heterocycles. The van der Waals surface area contributed by atoms with Crippen molar-refractivity contribution in [1.82, 2.24) is 0 Å². The lowest BCUT2D eigenvalue weighted by molar-refractivity contribution is 0.263. The lowest BCUT2D eigenvalue weighted by Gasteiger charge is -2.03. The summed E-state index contributed by atoms with van der Waals surface area (Å²) in [6.45, 7) is 6.77. The molecule has 2 aliphatic rings. The maximum atomic E-state index is 5.64. The number of ether oxygens (including phenoxy) is 4. The van der Waals surface area contributed by atoms with Gasteiger partial charge in [0.25, 0.3) is 0 Å². The van der Waals surface area contributed by atoms with Crippen LogP contribution in [-0.2, 0) is 9.47 Å². The van der Waals surface area contributed by atoms with Gasteiger partial charge in [0.1, 0.15) is 36.9 Å². The third-order valence-electron chi connectivity index (χ3n) is 4.89. The van der Waals surface area contributed by atoms with Crippen LogP contribution >= 0.6 is 0 Å². The highest BCUT2D eigenvalue weighted by molar-refractivity contribution is 5.82. The molecule has 2 saturated heterocycles. The van der Waals surface area contributed by atoms with Crippen LogP contribution in [0.2, 0.25) is 0 Å². The third-order valence-corrected chi connectivity index (χ3v) is 4.89. The molecule has 2 unspecified atom stereocenters. The molecular weight excluding hydrogens is 442 g/mol. The van der Waals surface area contributed by atoms with Crippen LogP contribution in [-0.4, -0.2) is 44.9 Å². The molecule has 5 rings (SSSR count). The standard InChI is InChI=1S/C25H23N3O4.C2H6.CH4/c1-3-20(27-28-21-7-11-23(12-8-21)30-15-25-17-32-25)4-2-18(1)13-26-19-5-9-22(10-6-19)29-14-24-16-31-24;1-2;/h1-13,24-25H,14-17H2;1-2H3;1H4. The fourth-order valence-corrected chi connectivity index (χ4v) is 2.84. The summed E-state index contributed by atoms with van der Waals surface area (Å²) < 4.78 is 21.5. The molecule has 0 spiro atoms. The lowest BCUT2D eigenvalue weighted by Crippen LogP contribution is -2.03. The van der Waals surface area contributed by atoms with Crippen molar-refractivity contribution in [2.75, 3.05) is 26.4 Å². The van der Waals surface area contributed by atoms with Gasteiger partial charge in [-0.05, 0) is 66.2 Å². The second kappa shape index (κ2) is 13.4. The van der Waals surface area contributed by atoms with Gasteiger partial charge in [-0.15, -0.1) is 0 Å². The Hall–Kier alpha value is -3.55. The summed E-state index contributed by atoms with van der Waals surface area (Å²) in [4.78, 5) is 4.51. The van der Waals surface area contributed by atoms with Gasteiger partial charge in [0, 0.05) is 6.21 Å². The molecule has 7 nitrogen and oxygen atoms in total. The van der Waals surface area contributed by atoms with Crippen LogP contribution < -0.4 is 9.47 Å². The van der Waals surface area contributed by atoms with E-state index in [0.29, 0.717) is 13.2 Å². The molecule has 0 radical (unpaired) electrons. The van der Waals surface area contributed by atoms with Crippen LogP contribution in [0.25, 0.3) is 0 Å². The van der Waals surface area contributed by atoms with E-state index in [1.54, 1.807) is 0 Å². The summed E-state index contributed by atoms with van der Waals surface area (Å²) in [6.07, 6.45) is 2.32. The van der Waals surface area contributed by atoms with Gasteiger partial charge in [0.05, 0.1) is 30.3 Å². The molecule has 0 bridgehead atoms. The number of hydrogen-bond acceptors (Lipinski definition) is 7. The Kier molecular flexibility index (Phi) is 9.95. The van der Waals surface area contributed by atoms with Gasteiger partial charge in [0.2, 0.25) is 0 Å². The van der Waals surface area contributed by atoms with E-state index in [4.69, 9.17) is 18.9 Å². The Bertz CT molecular complexity index is 984. The zero-order chi connectivity index (χ0) is 23.6. The lowest BCUT2D eigenvalue weighted by atomic mass is 10.2. The van der Waals surface area contributed by atoms with E-state index in [2.05, 4.69) is 15.2 Å². The predicted molar refractivity (Wildman–Crippen MR) is 139 cm³/mol. The monoisotopic (exact) mass is 475 g/mol. The first-order valence-corrected chi connectivity index (χ1v) is 11.5. The Balaban J connectivity index is 0.00000111. The molecular formula is C28H33N3O4. The number of aliphatic imine (C=N–C) groups is 1. The van der Waals surface area contributed by atoms with Crippen LogP contribution in [0.15, 0.2) is 88.0 Å². The van der Waals surface area contributed by atoms with E-state index < -0.39 is 0 Å². The van der Waals surface area contributed by atoms with E-state index in [-0.39, 0.29) is 19.6 Å². The minimum absolute atomic E-state index is 0. The van der Waals surface area contributed by atoms with E-state index in [1.165, 1.54) is 0 Å². The highest BCUT2D eigenvalue weighted by Gasteiger charge is 2.23. The predicted octanol–water partition coefficient (Wildman–Crippen LogP) is 7.07. The van der Waals surface area contributed by atoms with Crippen molar-refractivity contribution in [1.29, 1.82) is 0 Å². The Morgan fingerprint density at radius 1 is 0.686 bits per heavy atom. The van der Waals surface area contributed by atoms with Crippen molar-refractivity contribution in [3.63, 3.8) is 0 Å². The van der Waals surface area contributed by atoms with E-state index in [9.17, 15) is 0 Å². The Labute approximate surface area is 207 Å². The molecule has 3 aromatic carbocycles. The van der Waals surface area contributed by atoms with Crippen LogP contribution in [0.3, 0.4) is 0 Å². The SMILES string of the molecule is C.C(=Nc1ccc(OCC2CO2)cc1)c1ccc(N=Nc2ccc(OCC3CO3)cc2)cc1.CC. The summed E-state index contributed by atoms with van der Waals surface area (Å²) in [6, 6.07) is 23.0. The minimum atomic E-state index is 0. The highest BCUT2D eigenvalue weighted by atomic mass is 16.6. The van der Waals surface area contributed by atoms with Gasteiger partial charge in [0.15, 0.2) is 0 Å². The zero-order valence-corrected chi connectivity index (χ0v) is 19.5. The summed E-state index contributed by atoms with van der Waals surface area (Å²) in [5.74, 6) is 1.63. The van der Waals surface area contributed by atoms with Gasteiger partial charge >= 0.3 is 0 Å². The molecule has 3 aromatic rings. The largest absolute Gasteiger partial charge is 0.491 e. The van der Waals surface area contributed by atoms with Crippen molar-refractivity contribution >= 4 is 23.3 Å². The normalized spacial score (nSPS) is 17.9.